The van der Waals surface area contributed by atoms with Gasteiger partial charge >= 0.3 is 0 Å². The molecule has 25 heavy (non-hydrogen) atoms. The average Bonchev–Trinajstić information content (AvgIpc) is 2.99. The van der Waals surface area contributed by atoms with E-state index in [-0.39, 0.29) is 5.91 Å². The van der Waals surface area contributed by atoms with E-state index in [9.17, 15) is 4.79 Å². The first-order valence-electron chi connectivity index (χ1n) is 9.14. The van der Waals surface area contributed by atoms with Crippen LogP contribution in [-0.2, 0) is 7.05 Å². The first-order valence-corrected chi connectivity index (χ1v) is 9.14. The Morgan fingerprint density at radius 1 is 1.24 bits per heavy atom. The number of carbonyl (C=O) groups is 1. The molecule has 2 aromatic heterocycles. The van der Waals surface area contributed by atoms with E-state index < -0.39 is 0 Å². The van der Waals surface area contributed by atoms with Crippen molar-refractivity contribution in [2.75, 3.05) is 33.7 Å². The molecule has 1 aliphatic carbocycles. The molecule has 0 spiro atoms. The first kappa shape index (κ1) is 17.8. The van der Waals surface area contributed by atoms with Gasteiger partial charge in [0.2, 0.25) is 0 Å². The van der Waals surface area contributed by atoms with E-state index in [2.05, 4.69) is 20.2 Å². The average molecular weight is 344 g/mol. The summed E-state index contributed by atoms with van der Waals surface area (Å²) in [7, 11) is 5.88. The van der Waals surface area contributed by atoms with Crippen molar-refractivity contribution in [2.24, 2.45) is 13.0 Å². The third-order valence-electron chi connectivity index (χ3n) is 5.00. The van der Waals surface area contributed by atoms with Gasteiger partial charge in [0.05, 0.1) is 5.56 Å². The second kappa shape index (κ2) is 7.91. The molecule has 2 aromatic rings. The molecule has 136 valence electrons. The number of carbonyl (C=O) groups excluding carboxylic acids is 1. The summed E-state index contributed by atoms with van der Waals surface area (Å²) in [6, 6.07) is 1.81. The lowest BCUT2D eigenvalue weighted by Crippen LogP contribution is -2.40. The third-order valence-corrected chi connectivity index (χ3v) is 5.00. The lowest BCUT2D eigenvalue weighted by atomic mass is 9.89. The summed E-state index contributed by atoms with van der Waals surface area (Å²) < 4.78 is 1.62. The summed E-state index contributed by atoms with van der Waals surface area (Å²) in [6.45, 7) is 2.44. The molecule has 1 amide bonds. The maximum atomic E-state index is 13.1. The predicted molar refractivity (Wildman–Crippen MR) is 97.3 cm³/mol. The smallest absolute Gasteiger partial charge is 0.255 e. The van der Waals surface area contributed by atoms with Crippen molar-refractivity contribution in [3.63, 3.8) is 0 Å². The highest BCUT2D eigenvalue weighted by Gasteiger charge is 2.23. The van der Waals surface area contributed by atoms with Crippen LogP contribution in [0.2, 0.25) is 0 Å². The summed E-state index contributed by atoms with van der Waals surface area (Å²) in [5.41, 5.74) is 1.96. The molecule has 1 saturated carbocycles. The number of aryl methyl sites for hydroxylation is 1. The van der Waals surface area contributed by atoms with E-state index in [0.29, 0.717) is 22.6 Å². The molecule has 7 nitrogen and oxygen atoms in total. The molecule has 1 fully saturated rings. The van der Waals surface area contributed by atoms with Crippen molar-refractivity contribution in [1.82, 2.24) is 29.8 Å². The highest BCUT2D eigenvalue weighted by atomic mass is 16.2. The van der Waals surface area contributed by atoms with E-state index >= 15 is 0 Å². The van der Waals surface area contributed by atoms with Crippen LogP contribution in [0.15, 0.2) is 12.3 Å². The minimum Gasteiger partial charge on any atom is -0.337 e. The fourth-order valence-corrected chi connectivity index (χ4v) is 3.50. The second-order valence-corrected chi connectivity index (χ2v) is 7.34. The predicted octanol–water partition coefficient (Wildman–Crippen LogP) is 1.95. The van der Waals surface area contributed by atoms with Gasteiger partial charge < -0.3 is 9.80 Å². The van der Waals surface area contributed by atoms with Crippen LogP contribution in [0.25, 0.3) is 11.2 Å². The van der Waals surface area contributed by atoms with Gasteiger partial charge in [-0.25, -0.2) is 9.67 Å². The normalized spacial score (nSPS) is 15.8. The summed E-state index contributed by atoms with van der Waals surface area (Å²) in [5, 5.41) is 8.05. The molecule has 2 heterocycles. The summed E-state index contributed by atoms with van der Waals surface area (Å²) >= 11 is 0. The summed E-state index contributed by atoms with van der Waals surface area (Å²) in [4.78, 5) is 21.6. The molecule has 0 unspecified atom stereocenters. The number of hydrogen-bond donors (Lipinski definition) is 0. The maximum absolute atomic E-state index is 13.1. The van der Waals surface area contributed by atoms with Crippen molar-refractivity contribution < 1.29 is 4.79 Å². The van der Waals surface area contributed by atoms with Crippen LogP contribution in [0.4, 0.5) is 0 Å². The first-order chi connectivity index (χ1) is 12.0. The molecule has 0 atom stereocenters. The number of likely N-dealkylation sites (N-methyl/N-ethyl adjacent to an activating group) is 1. The number of nitrogens with zero attached hydrogens (tertiary/aromatic N) is 6. The second-order valence-electron chi connectivity index (χ2n) is 7.34. The fraction of sp³-hybridized carbons (Fsp3) is 0.667. The van der Waals surface area contributed by atoms with Crippen molar-refractivity contribution in [3.8, 4) is 0 Å². The van der Waals surface area contributed by atoms with Crippen LogP contribution >= 0.6 is 0 Å². The maximum Gasteiger partial charge on any atom is 0.255 e. The quantitative estimate of drug-likeness (QED) is 0.801. The zero-order valence-corrected chi connectivity index (χ0v) is 15.5. The van der Waals surface area contributed by atoms with Crippen LogP contribution < -0.4 is 0 Å². The van der Waals surface area contributed by atoms with Crippen molar-refractivity contribution in [1.29, 1.82) is 0 Å². The van der Waals surface area contributed by atoms with Gasteiger partial charge in [0.25, 0.3) is 5.91 Å². The summed E-state index contributed by atoms with van der Waals surface area (Å²) in [5.74, 6) is 0.667. The van der Waals surface area contributed by atoms with Crippen LogP contribution in [-0.4, -0.2) is 69.4 Å². The number of pyridine rings is 1. The van der Waals surface area contributed by atoms with Gasteiger partial charge in [0, 0.05) is 32.9 Å². The topological polar surface area (TPSA) is 67.2 Å². The Hall–Kier alpha value is -2.02. The molecule has 0 bridgehead atoms. The lowest BCUT2D eigenvalue weighted by molar-refractivity contribution is 0.0701. The van der Waals surface area contributed by atoms with Crippen molar-refractivity contribution in [2.45, 2.75) is 32.1 Å². The zero-order chi connectivity index (χ0) is 17.8. The van der Waals surface area contributed by atoms with Gasteiger partial charge in [-0.05, 0) is 38.9 Å². The minimum absolute atomic E-state index is 0.0486. The fourth-order valence-electron chi connectivity index (χ4n) is 3.50. The SMILES string of the molecule is CN(C)CCN(CC1CCCCC1)C(=O)c1cnc2c(c1)nnn2C. The third kappa shape index (κ3) is 4.34. The number of amides is 1. The molecule has 0 saturated heterocycles. The van der Waals surface area contributed by atoms with E-state index in [1.807, 2.05) is 19.0 Å². The molecule has 0 aromatic carbocycles. The molecular formula is C18H28N6O. The lowest BCUT2D eigenvalue weighted by Gasteiger charge is -2.30. The van der Waals surface area contributed by atoms with E-state index in [1.165, 1.54) is 32.1 Å². The van der Waals surface area contributed by atoms with Crippen molar-refractivity contribution >= 4 is 17.1 Å². The van der Waals surface area contributed by atoms with Gasteiger partial charge in [0.1, 0.15) is 5.52 Å². The van der Waals surface area contributed by atoms with Crippen LogP contribution in [0, 0.1) is 5.92 Å². The summed E-state index contributed by atoms with van der Waals surface area (Å²) in [6.07, 6.45) is 8.01. The van der Waals surface area contributed by atoms with Gasteiger partial charge in [0.15, 0.2) is 5.65 Å². The molecule has 1 aliphatic rings. The largest absolute Gasteiger partial charge is 0.337 e. The number of aromatic nitrogens is 4. The monoisotopic (exact) mass is 344 g/mol. The number of hydrogen-bond acceptors (Lipinski definition) is 5. The molecule has 0 N–H and O–H groups in total. The molecular weight excluding hydrogens is 316 g/mol. The van der Waals surface area contributed by atoms with Gasteiger partial charge in [-0.3, -0.25) is 4.79 Å². The zero-order valence-electron chi connectivity index (χ0n) is 15.5. The molecule has 7 heteroatoms. The highest BCUT2D eigenvalue weighted by Crippen LogP contribution is 2.25. The Kier molecular flexibility index (Phi) is 5.63. The van der Waals surface area contributed by atoms with E-state index in [1.54, 1.807) is 24.0 Å². The Morgan fingerprint density at radius 3 is 2.72 bits per heavy atom. The minimum atomic E-state index is 0.0486. The number of rotatable bonds is 6. The Labute approximate surface area is 149 Å². The van der Waals surface area contributed by atoms with Crippen LogP contribution in [0.1, 0.15) is 42.5 Å². The Morgan fingerprint density at radius 2 is 2.00 bits per heavy atom. The van der Waals surface area contributed by atoms with E-state index in [4.69, 9.17) is 0 Å². The molecule has 0 aliphatic heterocycles. The molecule has 3 rings (SSSR count). The van der Waals surface area contributed by atoms with Gasteiger partial charge in [-0.1, -0.05) is 24.5 Å². The van der Waals surface area contributed by atoms with Gasteiger partial charge in [-0.15, -0.1) is 5.10 Å². The van der Waals surface area contributed by atoms with Crippen molar-refractivity contribution in [3.05, 3.63) is 17.8 Å². The number of fused-ring (bicyclic) bond motifs is 1. The van der Waals surface area contributed by atoms with Gasteiger partial charge in [-0.2, -0.15) is 0 Å². The highest BCUT2D eigenvalue weighted by molar-refractivity contribution is 5.96. The van der Waals surface area contributed by atoms with E-state index in [0.717, 1.165) is 19.6 Å². The standard InChI is InChI=1S/C18H28N6O/c1-22(2)9-10-24(13-14-7-5-4-6-8-14)18(25)15-11-16-17(19-12-15)23(3)21-20-16/h11-12,14H,4-10,13H2,1-3H3. The Balaban J connectivity index is 1.77. The molecule has 0 radical (unpaired) electrons. The Bertz CT molecular complexity index is 719. The van der Waals surface area contributed by atoms with Crippen LogP contribution in [0.3, 0.4) is 0 Å². The van der Waals surface area contributed by atoms with Crippen LogP contribution in [0.5, 0.6) is 0 Å².